The number of nitrogens with zero attached hydrogens (tertiary/aromatic N) is 3. The highest BCUT2D eigenvalue weighted by molar-refractivity contribution is 7.89. The number of benzene rings is 2. The molecule has 0 atom stereocenters. The average Bonchev–Trinajstić information content (AvgIpc) is 3.11. The molecular weight excluding hydrogens is 471 g/mol. The van der Waals surface area contributed by atoms with Gasteiger partial charge in [-0.25, -0.2) is 13.4 Å². The van der Waals surface area contributed by atoms with Gasteiger partial charge >= 0.3 is 0 Å². The van der Waals surface area contributed by atoms with Crippen molar-refractivity contribution in [3.63, 3.8) is 0 Å². The number of fused-ring (bicyclic) bond motifs is 1. The molecule has 0 aliphatic carbocycles. The highest BCUT2D eigenvalue weighted by atomic mass is 35.5. The summed E-state index contributed by atoms with van der Waals surface area (Å²) >= 11 is 12.0. The van der Waals surface area contributed by atoms with Crippen LogP contribution in [0, 0.1) is 0 Å². The number of nitrogens with one attached hydrogen (secondary N) is 1. The predicted octanol–water partition coefficient (Wildman–Crippen LogP) is 4.96. The number of halogens is 2. The molecular formula is C22H26Cl2N4O3S. The van der Waals surface area contributed by atoms with Gasteiger partial charge in [0.1, 0.15) is 5.82 Å². The second kappa shape index (κ2) is 10.2. The van der Waals surface area contributed by atoms with Gasteiger partial charge in [0.15, 0.2) is 0 Å². The zero-order valence-corrected chi connectivity index (χ0v) is 20.6. The van der Waals surface area contributed by atoms with Crippen molar-refractivity contribution in [1.82, 2.24) is 13.9 Å². The minimum Gasteiger partial charge on any atom is -0.328 e. The first-order valence-electron chi connectivity index (χ1n) is 10.4. The average molecular weight is 497 g/mol. The summed E-state index contributed by atoms with van der Waals surface area (Å²) in [6.07, 6.45) is 0.602. The Bertz CT molecular complexity index is 1240. The Balaban J connectivity index is 1.81. The number of hydrogen-bond donors (Lipinski definition) is 1. The lowest BCUT2D eigenvalue weighted by atomic mass is 10.2. The van der Waals surface area contributed by atoms with E-state index in [-0.39, 0.29) is 17.2 Å². The van der Waals surface area contributed by atoms with E-state index in [9.17, 15) is 13.2 Å². The summed E-state index contributed by atoms with van der Waals surface area (Å²) in [6, 6.07) is 9.87. The third-order valence-corrected chi connectivity index (χ3v) is 7.83. The van der Waals surface area contributed by atoms with Crippen LogP contribution in [0.5, 0.6) is 0 Å². The molecule has 10 heteroatoms. The second-order valence-corrected chi connectivity index (χ2v) is 9.97. The van der Waals surface area contributed by atoms with Crippen molar-refractivity contribution in [2.24, 2.45) is 0 Å². The number of hydrogen-bond acceptors (Lipinski definition) is 4. The van der Waals surface area contributed by atoms with E-state index >= 15 is 0 Å². The number of anilines is 1. The van der Waals surface area contributed by atoms with Crippen LogP contribution in [0.25, 0.3) is 11.0 Å². The number of amides is 1. The largest absolute Gasteiger partial charge is 0.328 e. The van der Waals surface area contributed by atoms with Crippen LogP contribution in [0.15, 0.2) is 41.3 Å². The number of rotatable bonds is 9. The van der Waals surface area contributed by atoms with Gasteiger partial charge in [0.25, 0.3) is 0 Å². The third kappa shape index (κ3) is 5.09. The molecule has 3 aromatic rings. The molecule has 0 spiro atoms. The van der Waals surface area contributed by atoms with E-state index in [0.29, 0.717) is 47.3 Å². The maximum atomic E-state index is 12.9. The van der Waals surface area contributed by atoms with Crippen LogP contribution in [0.1, 0.15) is 33.0 Å². The summed E-state index contributed by atoms with van der Waals surface area (Å²) in [5.41, 5.74) is 1.93. The van der Waals surface area contributed by atoms with Crippen molar-refractivity contribution in [1.29, 1.82) is 0 Å². The molecule has 172 valence electrons. The molecule has 0 unspecified atom stereocenters. The highest BCUT2D eigenvalue weighted by Crippen LogP contribution is 2.26. The summed E-state index contributed by atoms with van der Waals surface area (Å²) < 4.78 is 29.1. The normalized spacial score (nSPS) is 11.9. The predicted molar refractivity (Wildman–Crippen MR) is 129 cm³/mol. The van der Waals surface area contributed by atoms with E-state index < -0.39 is 10.0 Å². The van der Waals surface area contributed by atoms with Crippen LogP contribution in [-0.2, 0) is 27.8 Å². The van der Waals surface area contributed by atoms with Crippen LogP contribution < -0.4 is 5.32 Å². The lowest BCUT2D eigenvalue weighted by molar-refractivity contribution is -0.116. The van der Waals surface area contributed by atoms with Gasteiger partial charge in [0.2, 0.25) is 15.9 Å². The number of carbonyl (C=O) groups is 1. The number of aromatic nitrogens is 2. The summed E-state index contributed by atoms with van der Waals surface area (Å²) in [5, 5.41) is 3.64. The molecule has 2 aromatic carbocycles. The van der Waals surface area contributed by atoms with Gasteiger partial charge in [0.05, 0.1) is 26.6 Å². The zero-order valence-electron chi connectivity index (χ0n) is 18.2. The second-order valence-electron chi connectivity index (χ2n) is 7.18. The van der Waals surface area contributed by atoms with E-state index in [0.717, 1.165) is 11.3 Å². The van der Waals surface area contributed by atoms with Crippen molar-refractivity contribution in [3.8, 4) is 0 Å². The summed E-state index contributed by atoms with van der Waals surface area (Å²) in [6.45, 7) is 7.06. The molecule has 3 rings (SSSR count). The van der Waals surface area contributed by atoms with E-state index in [2.05, 4.69) is 10.3 Å². The van der Waals surface area contributed by atoms with Crippen LogP contribution in [-0.4, -0.2) is 41.3 Å². The maximum absolute atomic E-state index is 12.9. The highest BCUT2D eigenvalue weighted by Gasteiger charge is 2.23. The number of sulfonamides is 1. The van der Waals surface area contributed by atoms with Crippen molar-refractivity contribution >= 4 is 55.9 Å². The Hall–Kier alpha value is -2.13. The van der Waals surface area contributed by atoms with Crippen LogP contribution >= 0.6 is 23.2 Å². The van der Waals surface area contributed by atoms with E-state index in [1.807, 2.05) is 25.3 Å². The quantitative estimate of drug-likeness (QED) is 0.453. The Kier molecular flexibility index (Phi) is 7.82. The molecule has 0 radical (unpaired) electrons. The van der Waals surface area contributed by atoms with E-state index in [1.165, 1.54) is 4.31 Å². The van der Waals surface area contributed by atoms with Gasteiger partial charge < -0.3 is 9.88 Å². The molecule has 1 amide bonds. The minimum atomic E-state index is -3.57. The van der Waals surface area contributed by atoms with E-state index in [1.54, 1.807) is 36.4 Å². The van der Waals surface area contributed by atoms with Gasteiger partial charge in [-0.05, 0) is 43.3 Å². The monoisotopic (exact) mass is 496 g/mol. The van der Waals surface area contributed by atoms with Gasteiger partial charge in [-0.2, -0.15) is 4.31 Å². The topological polar surface area (TPSA) is 84.3 Å². The molecule has 1 N–H and O–H groups in total. The fourth-order valence-electron chi connectivity index (χ4n) is 3.61. The standard InChI is InChI=1S/C22H26Cl2N4O3S/c1-4-27(5-2)32(30,31)16-8-10-20-19(14-16)25-21(28(20)6-3)11-12-22(29)26-18-9-7-15(23)13-17(18)24/h7-10,13-14H,4-6,11-12H2,1-3H3,(H,26,29). The molecule has 0 aliphatic heterocycles. The van der Waals surface area contributed by atoms with Gasteiger partial charge in [-0.3, -0.25) is 4.79 Å². The van der Waals surface area contributed by atoms with Gasteiger partial charge in [-0.1, -0.05) is 37.0 Å². The Morgan fingerprint density at radius 3 is 2.44 bits per heavy atom. The molecule has 1 heterocycles. The fourth-order valence-corrected chi connectivity index (χ4v) is 5.54. The summed E-state index contributed by atoms with van der Waals surface area (Å²) in [4.78, 5) is 17.3. The first-order valence-corrected chi connectivity index (χ1v) is 12.6. The van der Waals surface area contributed by atoms with Crippen LogP contribution in [0.2, 0.25) is 10.0 Å². The number of imidazole rings is 1. The molecule has 0 fully saturated rings. The van der Waals surface area contributed by atoms with Crippen molar-refractivity contribution in [2.75, 3.05) is 18.4 Å². The summed E-state index contributed by atoms with van der Waals surface area (Å²) in [5.74, 6) is 0.519. The smallest absolute Gasteiger partial charge is 0.243 e. The van der Waals surface area contributed by atoms with E-state index in [4.69, 9.17) is 23.2 Å². The van der Waals surface area contributed by atoms with Crippen molar-refractivity contribution < 1.29 is 13.2 Å². The van der Waals surface area contributed by atoms with Crippen molar-refractivity contribution in [2.45, 2.75) is 45.1 Å². The zero-order chi connectivity index (χ0) is 23.5. The molecule has 0 saturated carbocycles. The first kappa shape index (κ1) is 24.5. The molecule has 7 nitrogen and oxygen atoms in total. The molecule has 0 bridgehead atoms. The molecule has 1 aromatic heterocycles. The van der Waals surface area contributed by atoms with Crippen molar-refractivity contribution in [3.05, 3.63) is 52.3 Å². The number of aryl methyl sites for hydroxylation is 2. The van der Waals surface area contributed by atoms with Crippen LogP contribution in [0.4, 0.5) is 5.69 Å². The third-order valence-electron chi connectivity index (χ3n) is 5.24. The lowest BCUT2D eigenvalue weighted by Crippen LogP contribution is -2.30. The minimum absolute atomic E-state index is 0.200. The Morgan fingerprint density at radius 1 is 1.09 bits per heavy atom. The molecule has 0 saturated heterocycles. The lowest BCUT2D eigenvalue weighted by Gasteiger charge is -2.18. The van der Waals surface area contributed by atoms with Crippen LogP contribution in [0.3, 0.4) is 0 Å². The SMILES string of the molecule is CCN(CC)S(=O)(=O)c1ccc2c(c1)nc(CCC(=O)Nc1ccc(Cl)cc1Cl)n2CC. The number of carbonyl (C=O) groups excluding carboxylic acids is 1. The Morgan fingerprint density at radius 2 is 1.81 bits per heavy atom. The van der Waals surface area contributed by atoms with Gasteiger partial charge in [0, 0.05) is 37.5 Å². The molecule has 32 heavy (non-hydrogen) atoms. The Labute approximate surface area is 198 Å². The van der Waals surface area contributed by atoms with Gasteiger partial charge in [-0.15, -0.1) is 0 Å². The maximum Gasteiger partial charge on any atom is 0.243 e. The summed E-state index contributed by atoms with van der Waals surface area (Å²) in [7, 11) is -3.57. The first-order chi connectivity index (χ1) is 15.2. The fraction of sp³-hybridized carbons (Fsp3) is 0.364. The molecule has 0 aliphatic rings.